The van der Waals surface area contributed by atoms with E-state index in [9.17, 15) is 14.4 Å². The van der Waals surface area contributed by atoms with Gasteiger partial charge in [0.1, 0.15) is 5.00 Å². The van der Waals surface area contributed by atoms with Gasteiger partial charge in [0.15, 0.2) is 5.76 Å². The molecule has 3 heterocycles. The summed E-state index contributed by atoms with van der Waals surface area (Å²) in [6, 6.07) is 4.88. The van der Waals surface area contributed by atoms with Crippen molar-refractivity contribution in [1.29, 1.82) is 0 Å². The molecule has 2 amide bonds. The summed E-state index contributed by atoms with van der Waals surface area (Å²) in [4.78, 5) is 37.5. The van der Waals surface area contributed by atoms with E-state index in [-0.39, 0.29) is 24.0 Å². The number of nitrogens with zero attached hydrogens (tertiary/aromatic N) is 1. The smallest absolute Gasteiger partial charge is 0.303 e. The van der Waals surface area contributed by atoms with E-state index in [4.69, 9.17) is 9.52 Å². The molecule has 0 aromatic carbocycles. The van der Waals surface area contributed by atoms with Crippen LogP contribution in [0.15, 0.2) is 34.3 Å². The lowest BCUT2D eigenvalue weighted by Gasteiger charge is -2.32. The summed E-state index contributed by atoms with van der Waals surface area (Å²) >= 11 is 1.28. The Labute approximate surface area is 154 Å². The third-order valence-corrected chi connectivity index (χ3v) is 5.27. The average Bonchev–Trinajstić information content (AvgIpc) is 3.31. The lowest BCUT2D eigenvalue weighted by Crippen LogP contribution is -2.40. The second-order valence-electron chi connectivity index (χ2n) is 6.29. The van der Waals surface area contributed by atoms with Gasteiger partial charge >= 0.3 is 5.97 Å². The second-order valence-corrected chi connectivity index (χ2v) is 7.20. The number of anilines is 1. The maximum atomic E-state index is 12.9. The molecule has 1 aliphatic heterocycles. The van der Waals surface area contributed by atoms with Gasteiger partial charge in [-0.05, 0) is 48.8 Å². The topological polar surface area (TPSA) is 99.9 Å². The van der Waals surface area contributed by atoms with Crippen molar-refractivity contribution in [3.63, 3.8) is 0 Å². The predicted octanol–water partition coefficient (Wildman–Crippen LogP) is 3.31. The summed E-state index contributed by atoms with van der Waals surface area (Å²) in [6.07, 6.45) is 3.90. The number of piperidine rings is 1. The van der Waals surface area contributed by atoms with Gasteiger partial charge in [0.2, 0.25) is 0 Å². The van der Waals surface area contributed by atoms with Crippen LogP contribution in [0.5, 0.6) is 0 Å². The molecule has 1 atom stereocenters. The van der Waals surface area contributed by atoms with E-state index in [1.165, 1.54) is 17.6 Å². The number of carbonyl (C=O) groups is 3. The molecule has 1 aliphatic rings. The first-order valence-corrected chi connectivity index (χ1v) is 9.36. The molecule has 1 unspecified atom stereocenters. The highest BCUT2D eigenvalue weighted by atomic mass is 32.1. The summed E-state index contributed by atoms with van der Waals surface area (Å²) in [6.45, 7) is 1.19. The molecule has 26 heavy (non-hydrogen) atoms. The van der Waals surface area contributed by atoms with E-state index in [0.29, 0.717) is 30.1 Å². The number of hydrogen-bond acceptors (Lipinski definition) is 5. The minimum atomic E-state index is -0.811. The van der Waals surface area contributed by atoms with Crippen LogP contribution in [0, 0.1) is 5.92 Å². The first kappa shape index (κ1) is 18.2. The van der Waals surface area contributed by atoms with Crippen molar-refractivity contribution in [2.45, 2.75) is 25.7 Å². The number of hydrogen-bond donors (Lipinski definition) is 2. The summed E-state index contributed by atoms with van der Waals surface area (Å²) in [5.41, 5.74) is 0.453. The highest BCUT2D eigenvalue weighted by Gasteiger charge is 2.27. The van der Waals surface area contributed by atoms with E-state index in [1.54, 1.807) is 28.5 Å². The Balaban J connectivity index is 1.65. The number of likely N-dealkylation sites (tertiary alicyclic amines) is 1. The first-order valence-electron chi connectivity index (χ1n) is 8.48. The number of furan rings is 1. The number of rotatable bonds is 6. The molecule has 138 valence electrons. The number of thiophene rings is 1. The molecule has 0 bridgehead atoms. The quantitative estimate of drug-likeness (QED) is 0.806. The maximum Gasteiger partial charge on any atom is 0.303 e. The number of nitrogens with one attached hydrogen (secondary N) is 1. The molecule has 3 rings (SSSR count). The standard InChI is InChI=1S/C18H20N2O5S/c21-15(22)6-5-12-3-1-8-20(11-12)18(24)13-7-10-26-17(13)19-16(23)14-4-2-9-25-14/h2,4,7,9-10,12H,1,3,5-6,8,11H2,(H,19,23)(H,21,22). The Morgan fingerprint density at radius 2 is 2.19 bits per heavy atom. The number of aliphatic carboxylic acids is 1. The molecular formula is C18H20N2O5S. The number of carbonyl (C=O) groups excluding carboxylic acids is 2. The maximum absolute atomic E-state index is 12.9. The lowest BCUT2D eigenvalue weighted by atomic mass is 9.93. The molecule has 0 aliphatic carbocycles. The van der Waals surface area contributed by atoms with Crippen molar-refractivity contribution < 1.29 is 23.9 Å². The molecule has 0 radical (unpaired) electrons. The number of amides is 2. The SMILES string of the molecule is O=C(O)CCC1CCCN(C(=O)c2ccsc2NC(=O)c2ccco2)C1. The van der Waals surface area contributed by atoms with Crippen LogP contribution in [-0.4, -0.2) is 40.9 Å². The Bertz CT molecular complexity index is 783. The fourth-order valence-electron chi connectivity index (χ4n) is 3.13. The van der Waals surface area contributed by atoms with Gasteiger partial charge in [0.25, 0.3) is 11.8 Å². The first-order chi connectivity index (χ1) is 12.5. The van der Waals surface area contributed by atoms with Gasteiger partial charge in [-0.3, -0.25) is 14.4 Å². The molecule has 8 heteroatoms. The Morgan fingerprint density at radius 3 is 2.92 bits per heavy atom. The zero-order valence-electron chi connectivity index (χ0n) is 14.1. The fourth-order valence-corrected chi connectivity index (χ4v) is 3.90. The van der Waals surface area contributed by atoms with Crippen LogP contribution in [-0.2, 0) is 4.79 Å². The number of carboxylic acids is 1. The largest absolute Gasteiger partial charge is 0.481 e. The Morgan fingerprint density at radius 1 is 1.35 bits per heavy atom. The van der Waals surface area contributed by atoms with E-state index in [1.807, 2.05) is 0 Å². The van der Waals surface area contributed by atoms with Crippen molar-refractivity contribution >= 4 is 34.1 Å². The minimum Gasteiger partial charge on any atom is -0.481 e. The van der Waals surface area contributed by atoms with Crippen molar-refractivity contribution in [3.8, 4) is 0 Å². The predicted molar refractivity (Wildman–Crippen MR) is 96.5 cm³/mol. The van der Waals surface area contributed by atoms with E-state index in [0.717, 1.165) is 12.8 Å². The van der Waals surface area contributed by atoms with Gasteiger partial charge in [-0.1, -0.05) is 0 Å². The second kappa shape index (κ2) is 8.18. The Kier molecular flexibility index (Phi) is 5.72. The fraction of sp³-hybridized carbons (Fsp3) is 0.389. The van der Waals surface area contributed by atoms with Gasteiger partial charge in [-0.25, -0.2) is 0 Å². The monoisotopic (exact) mass is 376 g/mol. The normalized spacial score (nSPS) is 17.1. The molecule has 0 spiro atoms. The van der Waals surface area contributed by atoms with Crippen LogP contribution < -0.4 is 5.32 Å². The van der Waals surface area contributed by atoms with Crippen molar-refractivity contribution in [2.75, 3.05) is 18.4 Å². The van der Waals surface area contributed by atoms with Crippen molar-refractivity contribution in [1.82, 2.24) is 4.90 Å². The zero-order valence-corrected chi connectivity index (χ0v) is 15.0. The summed E-state index contributed by atoms with van der Waals surface area (Å²) in [7, 11) is 0. The van der Waals surface area contributed by atoms with Gasteiger partial charge in [-0.15, -0.1) is 11.3 Å². The minimum absolute atomic E-state index is 0.121. The van der Waals surface area contributed by atoms with Crippen LogP contribution in [0.4, 0.5) is 5.00 Å². The molecular weight excluding hydrogens is 356 g/mol. The van der Waals surface area contributed by atoms with Crippen LogP contribution in [0.25, 0.3) is 0 Å². The lowest BCUT2D eigenvalue weighted by molar-refractivity contribution is -0.137. The molecule has 2 aromatic heterocycles. The molecule has 1 fully saturated rings. The van der Waals surface area contributed by atoms with Crippen LogP contribution in [0.2, 0.25) is 0 Å². The molecule has 1 saturated heterocycles. The van der Waals surface area contributed by atoms with Crippen LogP contribution in [0.1, 0.15) is 46.6 Å². The van der Waals surface area contributed by atoms with Gasteiger partial charge in [0.05, 0.1) is 11.8 Å². The van der Waals surface area contributed by atoms with Crippen molar-refractivity contribution in [3.05, 3.63) is 41.2 Å². The highest BCUT2D eigenvalue weighted by molar-refractivity contribution is 7.14. The van der Waals surface area contributed by atoms with Crippen LogP contribution in [0.3, 0.4) is 0 Å². The highest BCUT2D eigenvalue weighted by Crippen LogP contribution is 2.28. The third kappa shape index (κ3) is 4.32. The zero-order chi connectivity index (χ0) is 18.5. The summed E-state index contributed by atoms with van der Waals surface area (Å²) < 4.78 is 5.07. The third-order valence-electron chi connectivity index (χ3n) is 4.44. The Hall–Kier alpha value is -2.61. The van der Waals surface area contributed by atoms with Crippen molar-refractivity contribution in [2.24, 2.45) is 5.92 Å². The van der Waals surface area contributed by atoms with Gasteiger partial charge in [-0.2, -0.15) is 0 Å². The summed E-state index contributed by atoms with van der Waals surface area (Å²) in [5, 5.41) is 13.8. The molecule has 2 aromatic rings. The molecule has 2 N–H and O–H groups in total. The molecule has 0 saturated carbocycles. The van der Waals surface area contributed by atoms with E-state index < -0.39 is 11.9 Å². The van der Waals surface area contributed by atoms with E-state index in [2.05, 4.69) is 5.32 Å². The van der Waals surface area contributed by atoms with Crippen LogP contribution >= 0.6 is 11.3 Å². The molecule has 7 nitrogen and oxygen atoms in total. The van der Waals surface area contributed by atoms with Gasteiger partial charge in [0, 0.05) is 19.5 Å². The van der Waals surface area contributed by atoms with Gasteiger partial charge < -0.3 is 19.7 Å². The summed E-state index contributed by atoms with van der Waals surface area (Å²) in [5.74, 6) is -0.966. The van der Waals surface area contributed by atoms with E-state index >= 15 is 0 Å². The number of carboxylic acid groups (broad SMARTS) is 1. The average molecular weight is 376 g/mol.